The van der Waals surface area contributed by atoms with Crippen LogP contribution in [0.25, 0.3) is 0 Å². The number of ketones is 1. The lowest BCUT2D eigenvalue weighted by molar-refractivity contribution is -0.128. The summed E-state index contributed by atoms with van der Waals surface area (Å²) in [5.74, 6) is -1.95. The summed E-state index contributed by atoms with van der Waals surface area (Å²) >= 11 is 0. The molecule has 0 bridgehead atoms. The number of methoxy groups -OCH3 is 1. The number of Topliss-reactive ketones (excluding diaryl/α,β-unsaturated/α-hetero) is 1. The summed E-state index contributed by atoms with van der Waals surface area (Å²) in [4.78, 5) is 11.8. The molecule has 2 nitrogen and oxygen atoms in total. The van der Waals surface area contributed by atoms with E-state index in [1.807, 2.05) is 6.92 Å². The summed E-state index contributed by atoms with van der Waals surface area (Å²) in [7, 11) is 1.48. The minimum atomic E-state index is -0.931. The summed E-state index contributed by atoms with van der Waals surface area (Å²) in [5, 5.41) is 0. The van der Waals surface area contributed by atoms with E-state index in [0.29, 0.717) is 12.0 Å². The lowest BCUT2D eigenvalue weighted by Crippen LogP contribution is -2.24. The van der Waals surface area contributed by atoms with Crippen LogP contribution in [0, 0.1) is 11.6 Å². The SMILES string of the molecule is CCCC(OC)C(=O)Cc1ccc(F)c(F)c1. The van der Waals surface area contributed by atoms with Gasteiger partial charge in [-0.05, 0) is 24.1 Å². The molecule has 0 aliphatic heterocycles. The Morgan fingerprint density at radius 3 is 2.59 bits per heavy atom. The van der Waals surface area contributed by atoms with Gasteiger partial charge in [0.15, 0.2) is 17.4 Å². The van der Waals surface area contributed by atoms with E-state index in [2.05, 4.69) is 0 Å². The van der Waals surface area contributed by atoms with E-state index in [1.165, 1.54) is 13.2 Å². The summed E-state index contributed by atoms with van der Waals surface area (Å²) in [6.45, 7) is 1.96. The van der Waals surface area contributed by atoms with Gasteiger partial charge in [0.25, 0.3) is 0 Å². The number of halogens is 2. The molecule has 0 amide bonds. The molecule has 0 N–H and O–H groups in total. The van der Waals surface area contributed by atoms with Crippen LogP contribution in [0.15, 0.2) is 18.2 Å². The van der Waals surface area contributed by atoms with Crippen molar-refractivity contribution in [3.8, 4) is 0 Å². The van der Waals surface area contributed by atoms with Gasteiger partial charge < -0.3 is 4.74 Å². The molecule has 1 rings (SSSR count). The van der Waals surface area contributed by atoms with Gasteiger partial charge in [-0.25, -0.2) is 8.78 Å². The minimum Gasteiger partial charge on any atom is -0.374 e. The van der Waals surface area contributed by atoms with E-state index in [0.717, 1.165) is 18.6 Å². The van der Waals surface area contributed by atoms with Crippen LogP contribution in [-0.4, -0.2) is 19.0 Å². The molecular weight excluding hydrogens is 226 g/mol. The zero-order valence-electron chi connectivity index (χ0n) is 10.0. The highest BCUT2D eigenvalue weighted by Gasteiger charge is 2.17. The van der Waals surface area contributed by atoms with E-state index in [-0.39, 0.29) is 12.2 Å². The second-order valence-corrected chi connectivity index (χ2v) is 3.90. The van der Waals surface area contributed by atoms with Crippen LogP contribution in [0.2, 0.25) is 0 Å². The number of ether oxygens (including phenoxy) is 1. The lowest BCUT2D eigenvalue weighted by Gasteiger charge is -2.12. The average molecular weight is 242 g/mol. The van der Waals surface area contributed by atoms with Gasteiger partial charge in [0.1, 0.15) is 6.10 Å². The molecule has 0 aliphatic rings. The summed E-state index contributed by atoms with van der Waals surface area (Å²) in [5.41, 5.74) is 0.465. The van der Waals surface area contributed by atoms with Gasteiger partial charge in [-0.1, -0.05) is 19.4 Å². The average Bonchev–Trinajstić information content (AvgIpc) is 2.30. The van der Waals surface area contributed by atoms with E-state index < -0.39 is 17.7 Å². The molecular formula is C13H16F2O2. The van der Waals surface area contributed by atoms with Gasteiger partial charge in [0.05, 0.1) is 0 Å². The molecule has 0 saturated carbocycles. The predicted octanol–water partition coefficient (Wildman–Crippen LogP) is 2.89. The van der Waals surface area contributed by atoms with Gasteiger partial charge in [-0.2, -0.15) is 0 Å². The fourth-order valence-electron chi connectivity index (χ4n) is 1.64. The van der Waals surface area contributed by atoms with Crippen molar-refractivity contribution < 1.29 is 18.3 Å². The van der Waals surface area contributed by atoms with Gasteiger partial charge >= 0.3 is 0 Å². The number of hydrogen-bond acceptors (Lipinski definition) is 2. The zero-order chi connectivity index (χ0) is 12.8. The number of benzene rings is 1. The first kappa shape index (κ1) is 13.8. The lowest BCUT2D eigenvalue weighted by atomic mass is 10.0. The maximum Gasteiger partial charge on any atom is 0.165 e. The number of carbonyl (C=O) groups excluding carboxylic acids is 1. The normalized spacial score (nSPS) is 12.5. The van der Waals surface area contributed by atoms with Crippen LogP contribution in [0.3, 0.4) is 0 Å². The summed E-state index contributed by atoms with van der Waals surface area (Å²) < 4.78 is 30.7. The first-order valence-electron chi connectivity index (χ1n) is 5.58. The molecule has 0 radical (unpaired) electrons. The fourth-order valence-corrected chi connectivity index (χ4v) is 1.64. The van der Waals surface area contributed by atoms with Gasteiger partial charge in [-0.15, -0.1) is 0 Å². The second-order valence-electron chi connectivity index (χ2n) is 3.90. The van der Waals surface area contributed by atoms with Crippen molar-refractivity contribution in [2.75, 3.05) is 7.11 Å². The Morgan fingerprint density at radius 1 is 1.35 bits per heavy atom. The third-order valence-corrected chi connectivity index (χ3v) is 2.56. The third kappa shape index (κ3) is 3.89. The summed E-state index contributed by atoms with van der Waals surface area (Å²) in [6, 6.07) is 3.49. The fraction of sp³-hybridized carbons (Fsp3) is 0.462. The highest BCUT2D eigenvalue weighted by molar-refractivity contribution is 5.85. The molecule has 1 unspecified atom stereocenters. The van der Waals surface area contributed by atoms with Crippen molar-refractivity contribution in [3.05, 3.63) is 35.4 Å². The van der Waals surface area contributed by atoms with Crippen molar-refractivity contribution in [1.29, 1.82) is 0 Å². The summed E-state index contributed by atoms with van der Waals surface area (Å²) in [6.07, 6.45) is 1.07. The number of carbonyl (C=O) groups is 1. The van der Waals surface area contributed by atoms with Crippen molar-refractivity contribution in [1.82, 2.24) is 0 Å². The van der Waals surface area contributed by atoms with Crippen molar-refractivity contribution in [2.24, 2.45) is 0 Å². The van der Waals surface area contributed by atoms with Crippen LogP contribution >= 0.6 is 0 Å². The quantitative estimate of drug-likeness (QED) is 0.766. The van der Waals surface area contributed by atoms with Crippen LogP contribution in [0.4, 0.5) is 8.78 Å². The largest absolute Gasteiger partial charge is 0.374 e. The van der Waals surface area contributed by atoms with Crippen molar-refractivity contribution in [2.45, 2.75) is 32.3 Å². The van der Waals surface area contributed by atoms with Crippen molar-refractivity contribution in [3.63, 3.8) is 0 Å². The monoisotopic (exact) mass is 242 g/mol. The Bertz CT molecular complexity index is 391. The first-order chi connectivity index (χ1) is 8.08. The van der Waals surface area contributed by atoms with Gasteiger partial charge in [0.2, 0.25) is 0 Å². The minimum absolute atomic E-state index is 0.0652. The van der Waals surface area contributed by atoms with E-state index in [1.54, 1.807) is 0 Å². The Labute approximate surface area is 99.6 Å². The molecule has 0 saturated heterocycles. The second kappa shape index (κ2) is 6.45. The van der Waals surface area contributed by atoms with Crippen LogP contribution < -0.4 is 0 Å². The Balaban J connectivity index is 2.69. The topological polar surface area (TPSA) is 26.3 Å². The highest BCUT2D eigenvalue weighted by Crippen LogP contribution is 2.12. The highest BCUT2D eigenvalue weighted by atomic mass is 19.2. The molecule has 0 aromatic heterocycles. The third-order valence-electron chi connectivity index (χ3n) is 2.56. The molecule has 1 atom stereocenters. The van der Waals surface area contributed by atoms with Gasteiger partial charge in [0, 0.05) is 13.5 Å². The predicted molar refractivity (Wildman–Crippen MR) is 60.8 cm³/mol. The molecule has 0 aliphatic carbocycles. The smallest absolute Gasteiger partial charge is 0.165 e. The molecule has 0 heterocycles. The molecule has 17 heavy (non-hydrogen) atoms. The Kier molecular flexibility index (Phi) is 5.22. The maximum atomic E-state index is 12.9. The van der Waals surface area contributed by atoms with E-state index >= 15 is 0 Å². The Morgan fingerprint density at radius 2 is 2.06 bits per heavy atom. The van der Waals surface area contributed by atoms with Crippen molar-refractivity contribution >= 4 is 5.78 Å². The number of rotatable bonds is 6. The zero-order valence-corrected chi connectivity index (χ0v) is 10.0. The van der Waals surface area contributed by atoms with Crippen LogP contribution in [0.5, 0.6) is 0 Å². The molecule has 0 fully saturated rings. The standard InChI is InChI=1S/C13H16F2O2/c1-3-4-13(17-2)12(16)8-9-5-6-10(14)11(15)7-9/h5-7,13H,3-4,8H2,1-2H3. The molecule has 0 spiro atoms. The molecule has 1 aromatic rings. The molecule has 4 heteroatoms. The molecule has 94 valence electrons. The number of hydrogen-bond donors (Lipinski definition) is 0. The van der Waals surface area contributed by atoms with E-state index in [9.17, 15) is 13.6 Å². The Hall–Kier alpha value is -1.29. The van der Waals surface area contributed by atoms with E-state index in [4.69, 9.17) is 4.74 Å². The molecule has 1 aromatic carbocycles. The van der Waals surface area contributed by atoms with Crippen LogP contribution in [0.1, 0.15) is 25.3 Å². The van der Waals surface area contributed by atoms with Crippen LogP contribution in [-0.2, 0) is 16.0 Å². The van der Waals surface area contributed by atoms with Gasteiger partial charge in [-0.3, -0.25) is 4.79 Å². The first-order valence-corrected chi connectivity index (χ1v) is 5.58. The maximum absolute atomic E-state index is 12.9.